The number of carboxylic acids is 1. The molecule has 2 heterocycles. The van der Waals surface area contributed by atoms with Gasteiger partial charge < -0.3 is 10.4 Å². The molecule has 0 aliphatic heterocycles. The van der Waals surface area contributed by atoms with Gasteiger partial charge in [0.05, 0.1) is 17.3 Å². The quantitative estimate of drug-likeness (QED) is 0.850. The highest BCUT2D eigenvalue weighted by Gasteiger charge is 2.21. The Hall–Kier alpha value is -2.37. The average molecular weight is 261 g/mol. The number of carboxylic acid groups (broad SMARTS) is 1. The lowest BCUT2D eigenvalue weighted by Crippen LogP contribution is -2.40. The van der Waals surface area contributed by atoms with Crippen LogP contribution >= 0.6 is 0 Å². The smallest absolute Gasteiger partial charge is 0.326 e. The predicted octanol–water partition coefficient (Wildman–Crippen LogP) is 1.32. The van der Waals surface area contributed by atoms with E-state index in [4.69, 9.17) is 5.11 Å². The number of hydrogen-bond donors (Lipinski definition) is 2. The van der Waals surface area contributed by atoms with Crippen molar-refractivity contribution in [3.05, 3.63) is 36.2 Å². The minimum Gasteiger partial charge on any atom is -0.480 e. The van der Waals surface area contributed by atoms with Gasteiger partial charge in [-0.05, 0) is 18.6 Å². The number of hydrogen-bond acceptors (Lipinski definition) is 3. The highest BCUT2D eigenvalue weighted by molar-refractivity contribution is 6.02. The van der Waals surface area contributed by atoms with Gasteiger partial charge in [-0.3, -0.25) is 4.79 Å². The van der Waals surface area contributed by atoms with Crippen LogP contribution in [0.5, 0.6) is 0 Å². The van der Waals surface area contributed by atoms with E-state index in [2.05, 4.69) is 10.4 Å². The first-order valence-electron chi connectivity index (χ1n) is 6.09. The predicted molar refractivity (Wildman–Crippen MR) is 69.0 cm³/mol. The summed E-state index contributed by atoms with van der Waals surface area (Å²) in [6.07, 6.45) is 4.26. The van der Waals surface area contributed by atoms with Crippen molar-refractivity contribution >= 4 is 17.4 Å². The molecule has 2 aromatic rings. The van der Waals surface area contributed by atoms with Crippen LogP contribution in [0.1, 0.15) is 30.1 Å². The third-order valence-electron chi connectivity index (χ3n) is 2.85. The molecule has 0 aromatic carbocycles. The Morgan fingerprint density at radius 3 is 2.95 bits per heavy atom. The number of aliphatic carboxylic acids is 1. The first-order chi connectivity index (χ1) is 9.13. The zero-order valence-corrected chi connectivity index (χ0v) is 10.5. The maximum atomic E-state index is 12.1. The maximum absolute atomic E-state index is 12.1. The molecule has 2 rings (SSSR count). The van der Waals surface area contributed by atoms with Gasteiger partial charge in [0.15, 0.2) is 0 Å². The molecule has 1 amide bonds. The topological polar surface area (TPSA) is 83.7 Å². The molecule has 2 N–H and O–H groups in total. The maximum Gasteiger partial charge on any atom is 0.326 e. The fraction of sp³-hybridized carbons (Fsp3) is 0.308. The first-order valence-corrected chi connectivity index (χ1v) is 6.09. The number of aromatic nitrogens is 2. The number of rotatable bonds is 5. The minimum atomic E-state index is -1.02. The summed E-state index contributed by atoms with van der Waals surface area (Å²) in [5.41, 5.74) is 1.03. The molecule has 0 aliphatic carbocycles. The number of nitrogens with zero attached hydrogens (tertiary/aromatic N) is 2. The molecule has 0 saturated heterocycles. The monoisotopic (exact) mass is 261 g/mol. The van der Waals surface area contributed by atoms with Crippen LogP contribution in [0, 0.1) is 0 Å². The summed E-state index contributed by atoms with van der Waals surface area (Å²) in [5, 5.41) is 15.6. The zero-order chi connectivity index (χ0) is 13.8. The van der Waals surface area contributed by atoms with Gasteiger partial charge in [-0.2, -0.15) is 5.10 Å². The van der Waals surface area contributed by atoms with Crippen molar-refractivity contribution in [1.29, 1.82) is 0 Å². The molecule has 19 heavy (non-hydrogen) atoms. The van der Waals surface area contributed by atoms with Crippen molar-refractivity contribution in [2.45, 2.75) is 25.8 Å². The highest BCUT2D eigenvalue weighted by atomic mass is 16.4. The Balaban J connectivity index is 2.22. The molecule has 2 aromatic heterocycles. The van der Waals surface area contributed by atoms with Crippen LogP contribution in [-0.2, 0) is 4.79 Å². The molecule has 0 saturated carbocycles. The Morgan fingerprint density at radius 2 is 2.26 bits per heavy atom. The van der Waals surface area contributed by atoms with E-state index in [0.29, 0.717) is 23.9 Å². The minimum absolute atomic E-state index is 0.378. The van der Waals surface area contributed by atoms with Crippen molar-refractivity contribution in [2.24, 2.45) is 0 Å². The van der Waals surface area contributed by atoms with Crippen molar-refractivity contribution in [3.63, 3.8) is 0 Å². The van der Waals surface area contributed by atoms with Crippen molar-refractivity contribution in [3.8, 4) is 0 Å². The lowest BCUT2D eigenvalue weighted by atomic mass is 10.1. The lowest BCUT2D eigenvalue weighted by molar-refractivity contribution is -0.139. The number of pyridine rings is 1. The Kier molecular flexibility index (Phi) is 3.79. The molecule has 6 heteroatoms. The van der Waals surface area contributed by atoms with E-state index >= 15 is 0 Å². The van der Waals surface area contributed by atoms with Gasteiger partial charge in [0.25, 0.3) is 5.91 Å². The third kappa shape index (κ3) is 2.73. The second kappa shape index (κ2) is 5.51. The van der Waals surface area contributed by atoms with Gasteiger partial charge in [0, 0.05) is 6.20 Å². The van der Waals surface area contributed by atoms with Crippen molar-refractivity contribution in [2.75, 3.05) is 0 Å². The molecule has 0 radical (unpaired) electrons. The molecule has 0 fully saturated rings. The van der Waals surface area contributed by atoms with E-state index in [0.717, 1.165) is 0 Å². The summed E-state index contributed by atoms with van der Waals surface area (Å²) < 4.78 is 1.57. The van der Waals surface area contributed by atoms with Gasteiger partial charge in [-0.25, -0.2) is 9.31 Å². The average Bonchev–Trinajstić information content (AvgIpc) is 2.81. The molecule has 1 unspecified atom stereocenters. The summed E-state index contributed by atoms with van der Waals surface area (Å²) in [5.74, 6) is -1.44. The number of carbonyl (C=O) groups excluding carboxylic acids is 1. The third-order valence-corrected chi connectivity index (χ3v) is 2.85. The second-order valence-corrected chi connectivity index (χ2v) is 4.24. The van der Waals surface area contributed by atoms with Gasteiger partial charge in [0.2, 0.25) is 0 Å². The van der Waals surface area contributed by atoms with Crippen molar-refractivity contribution in [1.82, 2.24) is 14.9 Å². The van der Waals surface area contributed by atoms with Gasteiger partial charge >= 0.3 is 5.97 Å². The van der Waals surface area contributed by atoms with Crippen LogP contribution in [0.15, 0.2) is 30.6 Å². The van der Waals surface area contributed by atoms with E-state index in [-0.39, 0.29) is 0 Å². The lowest BCUT2D eigenvalue weighted by Gasteiger charge is -2.12. The summed E-state index contributed by atoms with van der Waals surface area (Å²) in [6.45, 7) is 1.87. The molecule has 6 nitrogen and oxygen atoms in total. The van der Waals surface area contributed by atoms with Crippen LogP contribution in [0.4, 0.5) is 0 Å². The fourth-order valence-electron chi connectivity index (χ4n) is 1.89. The van der Waals surface area contributed by atoms with Gasteiger partial charge in [-0.1, -0.05) is 19.4 Å². The molecule has 100 valence electrons. The standard InChI is InChI=1S/C13H15N3O3/c1-2-5-10(13(18)19)15-12(17)9-8-14-16-7-4-3-6-11(9)16/h3-4,6-8,10H,2,5H2,1H3,(H,15,17)(H,18,19). The summed E-state index contributed by atoms with van der Waals surface area (Å²) in [4.78, 5) is 23.1. The van der Waals surface area contributed by atoms with Crippen LogP contribution in [-0.4, -0.2) is 32.6 Å². The van der Waals surface area contributed by atoms with E-state index in [1.807, 2.05) is 6.92 Å². The molecule has 0 aliphatic rings. The van der Waals surface area contributed by atoms with Crippen LogP contribution in [0.3, 0.4) is 0 Å². The van der Waals surface area contributed by atoms with Gasteiger partial charge in [-0.15, -0.1) is 0 Å². The fourth-order valence-corrected chi connectivity index (χ4v) is 1.89. The highest BCUT2D eigenvalue weighted by Crippen LogP contribution is 2.10. The van der Waals surface area contributed by atoms with E-state index in [1.165, 1.54) is 6.20 Å². The summed E-state index contributed by atoms with van der Waals surface area (Å²) in [7, 11) is 0. The normalized spacial score (nSPS) is 12.3. The van der Waals surface area contributed by atoms with Crippen molar-refractivity contribution < 1.29 is 14.7 Å². The molecular formula is C13H15N3O3. The summed E-state index contributed by atoms with van der Waals surface area (Å²) in [6, 6.07) is 4.50. The number of amides is 1. The molecule has 0 spiro atoms. The van der Waals surface area contributed by atoms with Crippen LogP contribution in [0.2, 0.25) is 0 Å². The molecular weight excluding hydrogens is 246 g/mol. The van der Waals surface area contributed by atoms with E-state index in [1.54, 1.807) is 28.9 Å². The van der Waals surface area contributed by atoms with E-state index < -0.39 is 17.9 Å². The largest absolute Gasteiger partial charge is 0.480 e. The Morgan fingerprint density at radius 1 is 1.47 bits per heavy atom. The summed E-state index contributed by atoms with van der Waals surface area (Å²) >= 11 is 0. The zero-order valence-electron chi connectivity index (χ0n) is 10.5. The number of fused-ring (bicyclic) bond motifs is 1. The SMILES string of the molecule is CCCC(NC(=O)c1cnn2ccccc12)C(=O)O. The number of nitrogens with one attached hydrogen (secondary N) is 1. The second-order valence-electron chi connectivity index (χ2n) is 4.24. The Bertz CT molecular complexity index is 606. The van der Waals surface area contributed by atoms with Crippen LogP contribution in [0.25, 0.3) is 5.52 Å². The molecule has 0 bridgehead atoms. The van der Waals surface area contributed by atoms with Crippen LogP contribution < -0.4 is 5.32 Å². The first kappa shape index (κ1) is 13.1. The number of carbonyl (C=O) groups is 2. The van der Waals surface area contributed by atoms with Gasteiger partial charge in [0.1, 0.15) is 6.04 Å². The van der Waals surface area contributed by atoms with E-state index in [9.17, 15) is 9.59 Å². The molecule has 1 atom stereocenters. The Labute approximate surface area is 110 Å².